The summed E-state index contributed by atoms with van der Waals surface area (Å²) in [5.74, 6) is 1.62. The van der Waals surface area contributed by atoms with Crippen LogP contribution in [0, 0.1) is 0 Å². The smallest absolute Gasteiger partial charge is 0.231 e. The Morgan fingerprint density at radius 1 is 1.24 bits per heavy atom. The van der Waals surface area contributed by atoms with Crippen molar-refractivity contribution in [3.05, 3.63) is 35.2 Å². The summed E-state index contributed by atoms with van der Waals surface area (Å²) in [6, 6.07) is 5.78. The fourth-order valence-corrected chi connectivity index (χ4v) is 2.50. The highest BCUT2D eigenvalue weighted by molar-refractivity contribution is 6.33. The van der Waals surface area contributed by atoms with Gasteiger partial charge >= 0.3 is 0 Å². The molecule has 106 valence electrons. The van der Waals surface area contributed by atoms with Gasteiger partial charge in [-0.15, -0.1) is 0 Å². The van der Waals surface area contributed by atoms with Crippen molar-refractivity contribution >= 4 is 28.7 Å². The molecule has 0 fully saturated rings. The van der Waals surface area contributed by atoms with Gasteiger partial charge in [-0.2, -0.15) is 9.97 Å². The van der Waals surface area contributed by atoms with E-state index in [0.717, 1.165) is 17.1 Å². The molecule has 0 aliphatic carbocycles. The van der Waals surface area contributed by atoms with E-state index in [1.807, 2.05) is 22.8 Å². The number of benzene rings is 1. The molecule has 1 aliphatic rings. The van der Waals surface area contributed by atoms with Crippen LogP contribution in [0.3, 0.4) is 0 Å². The Kier molecular flexibility index (Phi) is 2.61. The molecular weight excluding hydrogens is 294 g/mol. The Bertz CT molecular complexity index is 848. The zero-order valence-electron chi connectivity index (χ0n) is 10.8. The molecule has 0 saturated carbocycles. The molecule has 0 unspecified atom stereocenters. The standard InChI is InChI=1S/C13H10ClN5O2/c14-11-10-12(18-13(15)17-11)19(5-16-10)4-7-1-2-8-9(3-7)21-6-20-8/h1-3,5H,4,6H2,(H2,15,17,18). The SMILES string of the molecule is Nc1nc(Cl)c2ncn(Cc3ccc4c(c3)OCO4)c2n1. The summed E-state index contributed by atoms with van der Waals surface area (Å²) < 4.78 is 12.5. The van der Waals surface area contributed by atoms with Gasteiger partial charge in [-0.05, 0) is 17.7 Å². The second-order valence-electron chi connectivity index (χ2n) is 4.60. The van der Waals surface area contributed by atoms with Crippen LogP contribution in [-0.4, -0.2) is 26.3 Å². The van der Waals surface area contributed by atoms with Crippen molar-refractivity contribution in [2.75, 3.05) is 12.5 Å². The van der Waals surface area contributed by atoms with Gasteiger partial charge in [-0.3, -0.25) is 0 Å². The summed E-state index contributed by atoms with van der Waals surface area (Å²) >= 11 is 6.01. The second kappa shape index (κ2) is 4.49. The summed E-state index contributed by atoms with van der Waals surface area (Å²) in [4.78, 5) is 12.3. The molecule has 0 amide bonds. The molecular formula is C13H10ClN5O2. The van der Waals surface area contributed by atoms with Crippen molar-refractivity contribution in [3.63, 3.8) is 0 Å². The molecule has 1 aromatic carbocycles. The maximum Gasteiger partial charge on any atom is 0.231 e. The normalized spacial score (nSPS) is 13.0. The lowest BCUT2D eigenvalue weighted by atomic mass is 10.2. The number of anilines is 1. The van der Waals surface area contributed by atoms with E-state index in [2.05, 4.69) is 15.0 Å². The Balaban J connectivity index is 1.74. The number of aromatic nitrogens is 4. The minimum absolute atomic E-state index is 0.125. The molecule has 3 heterocycles. The fourth-order valence-electron chi connectivity index (χ4n) is 2.28. The first-order chi connectivity index (χ1) is 10.2. The number of hydrogen-bond donors (Lipinski definition) is 1. The predicted octanol–water partition coefficient (Wildman–Crippen LogP) is 1.84. The maximum atomic E-state index is 6.01. The molecule has 2 N–H and O–H groups in total. The van der Waals surface area contributed by atoms with Crippen molar-refractivity contribution in [2.45, 2.75) is 6.54 Å². The van der Waals surface area contributed by atoms with E-state index in [-0.39, 0.29) is 17.9 Å². The number of hydrogen-bond acceptors (Lipinski definition) is 6. The molecule has 1 aliphatic heterocycles. The predicted molar refractivity (Wildman–Crippen MR) is 76.4 cm³/mol. The number of ether oxygens (including phenoxy) is 2. The summed E-state index contributed by atoms with van der Waals surface area (Å²) in [7, 11) is 0. The molecule has 0 spiro atoms. The summed E-state index contributed by atoms with van der Waals surface area (Å²) in [6.07, 6.45) is 1.66. The van der Waals surface area contributed by atoms with E-state index in [4.69, 9.17) is 26.8 Å². The summed E-state index contributed by atoms with van der Waals surface area (Å²) in [5.41, 5.74) is 7.81. The van der Waals surface area contributed by atoms with Gasteiger partial charge in [0.1, 0.15) is 5.52 Å². The van der Waals surface area contributed by atoms with Gasteiger partial charge in [0.25, 0.3) is 0 Å². The number of fused-ring (bicyclic) bond motifs is 2. The van der Waals surface area contributed by atoms with Crippen molar-refractivity contribution in [1.29, 1.82) is 0 Å². The average molecular weight is 304 g/mol. The Hall–Kier alpha value is -2.54. The van der Waals surface area contributed by atoms with Gasteiger partial charge in [0.2, 0.25) is 12.7 Å². The van der Waals surface area contributed by atoms with Gasteiger partial charge in [0, 0.05) is 0 Å². The number of halogens is 1. The van der Waals surface area contributed by atoms with Crippen LogP contribution in [0.4, 0.5) is 5.95 Å². The first kappa shape index (κ1) is 12.2. The highest BCUT2D eigenvalue weighted by Gasteiger charge is 2.15. The van der Waals surface area contributed by atoms with Gasteiger partial charge in [0.05, 0.1) is 12.9 Å². The Morgan fingerprint density at radius 3 is 3.00 bits per heavy atom. The van der Waals surface area contributed by atoms with Crippen molar-refractivity contribution in [1.82, 2.24) is 19.5 Å². The van der Waals surface area contributed by atoms with Crippen LogP contribution in [0.2, 0.25) is 5.15 Å². The average Bonchev–Trinajstić information content (AvgIpc) is 3.06. The van der Waals surface area contributed by atoms with Gasteiger partial charge in [0.15, 0.2) is 22.3 Å². The number of rotatable bonds is 2. The first-order valence-electron chi connectivity index (χ1n) is 6.23. The van der Waals surface area contributed by atoms with Crippen molar-refractivity contribution in [2.24, 2.45) is 0 Å². The number of imidazole rings is 1. The third-order valence-electron chi connectivity index (χ3n) is 3.23. The lowest BCUT2D eigenvalue weighted by Gasteiger charge is -2.05. The van der Waals surface area contributed by atoms with E-state index in [0.29, 0.717) is 17.7 Å². The third kappa shape index (κ3) is 2.02. The van der Waals surface area contributed by atoms with Crippen LogP contribution in [0.15, 0.2) is 24.5 Å². The van der Waals surface area contributed by atoms with Crippen LogP contribution < -0.4 is 15.2 Å². The van der Waals surface area contributed by atoms with Gasteiger partial charge in [-0.1, -0.05) is 17.7 Å². The molecule has 4 rings (SSSR count). The fraction of sp³-hybridized carbons (Fsp3) is 0.154. The van der Waals surface area contributed by atoms with E-state index < -0.39 is 0 Å². The summed E-state index contributed by atoms with van der Waals surface area (Å²) in [5, 5.41) is 0.252. The number of nitrogens with zero attached hydrogens (tertiary/aromatic N) is 4. The van der Waals surface area contributed by atoms with E-state index in [1.165, 1.54) is 0 Å². The molecule has 0 bridgehead atoms. The zero-order valence-corrected chi connectivity index (χ0v) is 11.5. The van der Waals surface area contributed by atoms with Crippen LogP contribution in [0.1, 0.15) is 5.56 Å². The monoisotopic (exact) mass is 303 g/mol. The lowest BCUT2D eigenvalue weighted by Crippen LogP contribution is -2.02. The second-order valence-corrected chi connectivity index (χ2v) is 4.96. The number of nitrogen functional groups attached to an aromatic ring is 1. The summed E-state index contributed by atoms with van der Waals surface area (Å²) in [6.45, 7) is 0.825. The highest BCUT2D eigenvalue weighted by atomic mass is 35.5. The van der Waals surface area contributed by atoms with Gasteiger partial charge in [-0.25, -0.2) is 4.98 Å². The quantitative estimate of drug-likeness (QED) is 0.727. The van der Waals surface area contributed by atoms with E-state index in [1.54, 1.807) is 6.33 Å². The maximum absolute atomic E-state index is 6.01. The van der Waals surface area contributed by atoms with Crippen LogP contribution in [0.5, 0.6) is 11.5 Å². The zero-order chi connectivity index (χ0) is 14.4. The molecule has 0 saturated heterocycles. The van der Waals surface area contributed by atoms with Crippen LogP contribution in [-0.2, 0) is 6.54 Å². The molecule has 7 nitrogen and oxygen atoms in total. The molecule has 2 aromatic heterocycles. The van der Waals surface area contributed by atoms with Crippen molar-refractivity contribution in [3.8, 4) is 11.5 Å². The minimum atomic E-state index is 0.125. The molecule has 21 heavy (non-hydrogen) atoms. The Labute approximate surface area is 124 Å². The minimum Gasteiger partial charge on any atom is -0.454 e. The number of nitrogens with two attached hydrogens (primary N) is 1. The third-order valence-corrected chi connectivity index (χ3v) is 3.49. The highest BCUT2D eigenvalue weighted by Crippen LogP contribution is 2.33. The van der Waals surface area contributed by atoms with Gasteiger partial charge < -0.3 is 19.8 Å². The molecule has 0 radical (unpaired) electrons. The lowest BCUT2D eigenvalue weighted by molar-refractivity contribution is 0.174. The van der Waals surface area contributed by atoms with Crippen molar-refractivity contribution < 1.29 is 9.47 Å². The Morgan fingerprint density at radius 2 is 2.10 bits per heavy atom. The van der Waals surface area contributed by atoms with E-state index >= 15 is 0 Å². The molecule has 3 aromatic rings. The largest absolute Gasteiger partial charge is 0.454 e. The topological polar surface area (TPSA) is 88.1 Å². The first-order valence-corrected chi connectivity index (χ1v) is 6.61. The van der Waals surface area contributed by atoms with Crippen LogP contribution in [0.25, 0.3) is 11.2 Å². The van der Waals surface area contributed by atoms with Crippen LogP contribution >= 0.6 is 11.6 Å². The molecule has 8 heteroatoms. The van der Waals surface area contributed by atoms with E-state index in [9.17, 15) is 0 Å². The molecule has 0 atom stereocenters.